The topological polar surface area (TPSA) is 24.9 Å². The number of aromatic nitrogens is 1. The molecule has 1 aromatic carbocycles. The summed E-state index contributed by atoms with van der Waals surface area (Å²) in [4.78, 5) is 4.64. The Hall–Kier alpha value is -0.930. The smallest absolute Gasteiger partial charge is 0.0939 e. The van der Waals surface area contributed by atoms with Crippen molar-refractivity contribution in [2.75, 3.05) is 6.54 Å². The van der Waals surface area contributed by atoms with Crippen LogP contribution in [-0.4, -0.2) is 17.6 Å². The van der Waals surface area contributed by atoms with Crippen molar-refractivity contribution in [1.29, 1.82) is 0 Å². The van der Waals surface area contributed by atoms with Gasteiger partial charge in [0.15, 0.2) is 0 Å². The molecule has 1 aliphatic rings. The van der Waals surface area contributed by atoms with Crippen molar-refractivity contribution in [2.45, 2.75) is 31.7 Å². The highest BCUT2D eigenvalue weighted by atomic mass is 32.1. The van der Waals surface area contributed by atoms with E-state index in [1.165, 1.54) is 29.0 Å². The van der Waals surface area contributed by atoms with Gasteiger partial charge in [-0.05, 0) is 37.9 Å². The van der Waals surface area contributed by atoms with Gasteiger partial charge >= 0.3 is 0 Å². The summed E-state index contributed by atoms with van der Waals surface area (Å²) in [5.74, 6) is 0. The van der Waals surface area contributed by atoms with Crippen molar-refractivity contribution in [2.24, 2.45) is 0 Å². The highest BCUT2D eigenvalue weighted by Crippen LogP contribution is 2.22. The summed E-state index contributed by atoms with van der Waals surface area (Å²) in [6.07, 6.45) is 5.07. The van der Waals surface area contributed by atoms with E-state index in [0.717, 1.165) is 24.5 Å². The van der Waals surface area contributed by atoms with Crippen LogP contribution in [0, 0.1) is 0 Å². The van der Waals surface area contributed by atoms with Gasteiger partial charge in [0.2, 0.25) is 0 Å². The molecule has 1 heterocycles. The lowest BCUT2D eigenvalue weighted by atomic mass is 10.3. The van der Waals surface area contributed by atoms with E-state index >= 15 is 0 Å². The van der Waals surface area contributed by atoms with Crippen LogP contribution in [-0.2, 0) is 6.42 Å². The van der Waals surface area contributed by atoms with E-state index < -0.39 is 0 Å². The van der Waals surface area contributed by atoms with E-state index in [9.17, 15) is 0 Å². The Morgan fingerprint density at radius 2 is 2.19 bits per heavy atom. The van der Waals surface area contributed by atoms with Gasteiger partial charge in [-0.3, -0.25) is 0 Å². The van der Waals surface area contributed by atoms with E-state index in [1.54, 1.807) is 0 Å². The zero-order chi connectivity index (χ0) is 10.8. The predicted molar refractivity (Wildman–Crippen MR) is 69.0 cm³/mol. The Labute approximate surface area is 99.7 Å². The molecule has 3 heteroatoms. The van der Waals surface area contributed by atoms with Gasteiger partial charge in [0.25, 0.3) is 0 Å². The fraction of sp³-hybridized carbons (Fsp3) is 0.462. The van der Waals surface area contributed by atoms with Gasteiger partial charge in [-0.2, -0.15) is 0 Å². The molecule has 1 aliphatic carbocycles. The average molecular weight is 232 g/mol. The molecule has 0 saturated heterocycles. The first-order valence-corrected chi connectivity index (χ1v) is 6.81. The second kappa shape index (κ2) is 4.52. The lowest BCUT2D eigenvalue weighted by molar-refractivity contribution is 0.645. The van der Waals surface area contributed by atoms with Crippen LogP contribution in [0.3, 0.4) is 0 Å². The number of aryl methyl sites for hydroxylation is 1. The predicted octanol–water partition coefficient (Wildman–Crippen LogP) is 2.98. The van der Waals surface area contributed by atoms with Crippen LogP contribution in [0.4, 0.5) is 0 Å². The molecule has 16 heavy (non-hydrogen) atoms. The number of nitrogens with zero attached hydrogens (tertiary/aromatic N) is 1. The maximum absolute atomic E-state index is 4.64. The molecule has 1 N–H and O–H groups in total. The van der Waals surface area contributed by atoms with Crippen molar-refractivity contribution < 1.29 is 0 Å². The molecule has 1 fully saturated rings. The van der Waals surface area contributed by atoms with Gasteiger partial charge in [-0.15, -0.1) is 11.3 Å². The third-order valence-corrected chi connectivity index (χ3v) is 4.01. The molecule has 0 unspecified atom stereocenters. The number of hydrogen-bond donors (Lipinski definition) is 1. The Morgan fingerprint density at radius 3 is 3.00 bits per heavy atom. The normalized spacial score (nSPS) is 15.8. The third-order valence-electron chi connectivity index (χ3n) is 2.92. The van der Waals surface area contributed by atoms with E-state index in [4.69, 9.17) is 0 Å². The molecule has 0 spiro atoms. The van der Waals surface area contributed by atoms with Gasteiger partial charge in [-0.1, -0.05) is 12.1 Å². The summed E-state index contributed by atoms with van der Waals surface area (Å²) < 4.78 is 1.31. The van der Waals surface area contributed by atoms with Crippen LogP contribution < -0.4 is 5.32 Å². The first-order valence-electron chi connectivity index (χ1n) is 6.00. The van der Waals surface area contributed by atoms with Crippen LogP contribution in [0.25, 0.3) is 10.2 Å². The average Bonchev–Trinajstić information content (AvgIpc) is 3.03. The number of para-hydroxylation sites is 1. The Balaban J connectivity index is 1.56. The quantitative estimate of drug-likeness (QED) is 0.802. The molecule has 0 bridgehead atoms. The molecule has 1 saturated carbocycles. The van der Waals surface area contributed by atoms with Gasteiger partial charge in [-0.25, -0.2) is 4.98 Å². The number of hydrogen-bond acceptors (Lipinski definition) is 3. The van der Waals surface area contributed by atoms with Crippen molar-refractivity contribution in [3.8, 4) is 0 Å². The number of thiazole rings is 1. The minimum Gasteiger partial charge on any atom is -0.314 e. The summed E-state index contributed by atoms with van der Waals surface area (Å²) in [6.45, 7) is 1.14. The van der Waals surface area contributed by atoms with Crippen LogP contribution in [0.15, 0.2) is 24.3 Å². The summed E-state index contributed by atoms with van der Waals surface area (Å²) in [7, 11) is 0. The monoisotopic (exact) mass is 232 g/mol. The molecule has 84 valence electrons. The first kappa shape index (κ1) is 10.2. The van der Waals surface area contributed by atoms with Crippen LogP contribution in [0.2, 0.25) is 0 Å². The molecule has 0 atom stereocenters. The van der Waals surface area contributed by atoms with Crippen molar-refractivity contribution in [3.63, 3.8) is 0 Å². The SMILES string of the molecule is c1ccc2sc(CCCNC3CC3)nc2c1. The van der Waals surface area contributed by atoms with E-state index in [1.807, 2.05) is 11.3 Å². The molecule has 1 aromatic heterocycles. The maximum atomic E-state index is 4.64. The van der Waals surface area contributed by atoms with E-state index in [2.05, 4.69) is 34.6 Å². The summed E-state index contributed by atoms with van der Waals surface area (Å²) in [5.41, 5.74) is 1.15. The fourth-order valence-corrected chi connectivity index (χ4v) is 2.87. The summed E-state index contributed by atoms with van der Waals surface area (Å²) in [5, 5.41) is 4.81. The molecular weight excluding hydrogens is 216 g/mol. The molecule has 2 nitrogen and oxygen atoms in total. The molecule has 0 amide bonds. The van der Waals surface area contributed by atoms with Crippen LogP contribution in [0.5, 0.6) is 0 Å². The molecule has 0 aliphatic heterocycles. The fourth-order valence-electron chi connectivity index (χ4n) is 1.86. The Kier molecular flexibility index (Phi) is 2.89. The lowest BCUT2D eigenvalue weighted by Crippen LogP contribution is -2.17. The summed E-state index contributed by atoms with van der Waals surface area (Å²) >= 11 is 1.83. The van der Waals surface area contributed by atoms with E-state index in [0.29, 0.717) is 0 Å². The number of fused-ring (bicyclic) bond motifs is 1. The lowest BCUT2D eigenvalue weighted by Gasteiger charge is -1.99. The van der Waals surface area contributed by atoms with Gasteiger partial charge < -0.3 is 5.32 Å². The minimum atomic E-state index is 0.829. The number of nitrogens with one attached hydrogen (secondary N) is 1. The minimum absolute atomic E-state index is 0.829. The first-order chi connectivity index (χ1) is 7.92. The van der Waals surface area contributed by atoms with Gasteiger partial charge in [0.05, 0.1) is 15.2 Å². The zero-order valence-electron chi connectivity index (χ0n) is 9.28. The van der Waals surface area contributed by atoms with Crippen molar-refractivity contribution in [3.05, 3.63) is 29.3 Å². The highest BCUT2D eigenvalue weighted by Gasteiger charge is 2.19. The number of rotatable bonds is 5. The highest BCUT2D eigenvalue weighted by molar-refractivity contribution is 7.18. The maximum Gasteiger partial charge on any atom is 0.0939 e. The molecule has 2 aromatic rings. The van der Waals surface area contributed by atoms with Crippen molar-refractivity contribution in [1.82, 2.24) is 10.3 Å². The summed E-state index contributed by atoms with van der Waals surface area (Å²) in [6, 6.07) is 9.21. The zero-order valence-corrected chi connectivity index (χ0v) is 10.1. The number of benzene rings is 1. The van der Waals surface area contributed by atoms with Crippen molar-refractivity contribution >= 4 is 21.6 Å². The standard InChI is InChI=1S/C13H16N2S/c1-2-5-12-11(4-1)15-13(16-12)6-3-9-14-10-7-8-10/h1-2,4-5,10,14H,3,6-9H2. The van der Waals surface area contributed by atoms with Gasteiger partial charge in [0.1, 0.15) is 0 Å². The van der Waals surface area contributed by atoms with E-state index in [-0.39, 0.29) is 0 Å². The second-order valence-electron chi connectivity index (χ2n) is 4.41. The second-order valence-corrected chi connectivity index (χ2v) is 5.52. The third kappa shape index (κ3) is 2.42. The van der Waals surface area contributed by atoms with Crippen LogP contribution >= 0.6 is 11.3 Å². The Bertz CT molecular complexity index is 440. The largest absolute Gasteiger partial charge is 0.314 e. The molecule has 3 rings (SSSR count). The Morgan fingerprint density at radius 1 is 1.31 bits per heavy atom. The molecule has 0 radical (unpaired) electrons. The molecular formula is C13H16N2S. The van der Waals surface area contributed by atoms with Crippen LogP contribution in [0.1, 0.15) is 24.3 Å². The van der Waals surface area contributed by atoms with Gasteiger partial charge in [0, 0.05) is 12.5 Å².